The Labute approximate surface area is 159 Å². The van der Waals surface area contributed by atoms with E-state index in [2.05, 4.69) is 10.6 Å². The fraction of sp³-hybridized carbons (Fsp3) is 0.333. The highest BCUT2D eigenvalue weighted by molar-refractivity contribution is 6.03. The molecule has 0 saturated carbocycles. The van der Waals surface area contributed by atoms with Gasteiger partial charge in [0.15, 0.2) is 0 Å². The van der Waals surface area contributed by atoms with E-state index in [1.54, 1.807) is 31.4 Å². The molecule has 0 unspecified atom stereocenters. The Balaban J connectivity index is 1.79. The number of amides is 2. The van der Waals surface area contributed by atoms with Gasteiger partial charge in [-0.1, -0.05) is 29.8 Å². The van der Waals surface area contributed by atoms with E-state index < -0.39 is 0 Å². The van der Waals surface area contributed by atoms with Crippen molar-refractivity contribution in [1.29, 1.82) is 0 Å². The number of rotatable bonds is 10. The number of methoxy groups -OCH3 is 1. The minimum Gasteiger partial charge on any atom is -0.494 e. The largest absolute Gasteiger partial charge is 0.494 e. The summed E-state index contributed by atoms with van der Waals surface area (Å²) in [5, 5.41) is 5.55. The van der Waals surface area contributed by atoms with Crippen molar-refractivity contribution in [1.82, 2.24) is 5.32 Å². The fourth-order valence-corrected chi connectivity index (χ4v) is 2.42. The molecule has 0 spiro atoms. The first-order chi connectivity index (χ1) is 13.1. The number of carbonyl (C=O) groups is 2. The van der Waals surface area contributed by atoms with Crippen molar-refractivity contribution >= 4 is 17.5 Å². The molecule has 6 nitrogen and oxygen atoms in total. The van der Waals surface area contributed by atoms with E-state index in [4.69, 9.17) is 9.47 Å². The van der Waals surface area contributed by atoms with Crippen LogP contribution in [0.4, 0.5) is 5.69 Å². The van der Waals surface area contributed by atoms with Gasteiger partial charge in [0.1, 0.15) is 5.75 Å². The molecule has 0 radical (unpaired) electrons. The van der Waals surface area contributed by atoms with Gasteiger partial charge in [0.05, 0.1) is 24.5 Å². The van der Waals surface area contributed by atoms with E-state index in [9.17, 15) is 9.59 Å². The zero-order valence-corrected chi connectivity index (χ0v) is 15.8. The van der Waals surface area contributed by atoms with Gasteiger partial charge >= 0.3 is 0 Å². The monoisotopic (exact) mass is 370 g/mol. The summed E-state index contributed by atoms with van der Waals surface area (Å²) in [4.78, 5) is 24.4. The third-order valence-electron chi connectivity index (χ3n) is 3.88. The van der Waals surface area contributed by atoms with Crippen LogP contribution < -0.4 is 15.4 Å². The van der Waals surface area contributed by atoms with Crippen molar-refractivity contribution in [2.24, 2.45) is 0 Å². The predicted molar refractivity (Wildman–Crippen MR) is 105 cm³/mol. The van der Waals surface area contributed by atoms with Gasteiger partial charge < -0.3 is 20.1 Å². The van der Waals surface area contributed by atoms with Gasteiger partial charge in [-0.05, 0) is 37.6 Å². The first kappa shape index (κ1) is 20.5. The molecular weight excluding hydrogens is 344 g/mol. The van der Waals surface area contributed by atoms with Gasteiger partial charge in [0.2, 0.25) is 5.91 Å². The second kappa shape index (κ2) is 11.0. The van der Waals surface area contributed by atoms with Crippen LogP contribution in [0.2, 0.25) is 0 Å². The molecule has 2 aromatic rings. The van der Waals surface area contributed by atoms with Crippen LogP contribution in [0.25, 0.3) is 0 Å². The van der Waals surface area contributed by atoms with Crippen LogP contribution in [0.3, 0.4) is 0 Å². The molecule has 0 atom stereocenters. The molecule has 0 aliphatic rings. The number of ether oxygens (including phenoxy) is 2. The molecule has 2 rings (SSSR count). The number of carbonyl (C=O) groups excluding carboxylic acids is 2. The summed E-state index contributed by atoms with van der Waals surface area (Å²) < 4.78 is 10.5. The molecule has 0 aliphatic heterocycles. The lowest BCUT2D eigenvalue weighted by molar-refractivity contribution is -0.116. The molecule has 144 valence electrons. The Bertz CT molecular complexity index is 744. The van der Waals surface area contributed by atoms with Crippen LogP contribution >= 0.6 is 0 Å². The lowest BCUT2D eigenvalue weighted by Gasteiger charge is -2.11. The number of para-hydroxylation sites is 1. The second-order valence-electron chi connectivity index (χ2n) is 6.11. The quantitative estimate of drug-likeness (QED) is 0.630. The third-order valence-corrected chi connectivity index (χ3v) is 3.88. The molecule has 2 amide bonds. The maximum absolute atomic E-state index is 12.2. The van der Waals surface area contributed by atoms with Crippen LogP contribution in [-0.2, 0) is 9.53 Å². The fourth-order valence-electron chi connectivity index (χ4n) is 2.42. The summed E-state index contributed by atoms with van der Waals surface area (Å²) in [6, 6.07) is 14.7. The number of hydrogen-bond acceptors (Lipinski definition) is 4. The van der Waals surface area contributed by atoms with Crippen LogP contribution in [0.15, 0.2) is 48.5 Å². The van der Waals surface area contributed by atoms with Crippen LogP contribution in [0.5, 0.6) is 5.75 Å². The molecule has 27 heavy (non-hydrogen) atoms. The highest BCUT2D eigenvalue weighted by Gasteiger charge is 2.12. The van der Waals surface area contributed by atoms with Crippen molar-refractivity contribution < 1.29 is 19.1 Å². The minimum absolute atomic E-state index is 0.153. The van der Waals surface area contributed by atoms with Crippen molar-refractivity contribution in [2.75, 3.05) is 32.2 Å². The molecule has 0 aromatic heterocycles. The molecule has 0 fully saturated rings. The van der Waals surface area contributed by atoms with Gasteiger partial charge in [0.25, 0.3) is 5.91 Å². The Kier molecular flexibility index (Phi) is 8.32. The number of hydrogen-bond donors (Lipinski definition) is 2. The van der Waals surface area contributed by atoms with Crippen molar-refractivity contribution in [3.8, 4) is 5.75 Å². The average Bonchev–Trinajstić information content (AvgIpc) is 2.67. The smallest absolute Gasteiger partial charge is 0.253 e. The van der Waals surface area contributed by atoms with Gasteiger partial charge in [0, 0.05) is 20.1 Å². The number of anilines is 1. The topological polar surface area (TPSA) is 76.7 Å². The van der Waals surface area contributed by atoms with Crippen molar-refractivity contribution in [3.63, 3.8) is 0 Å². The third kappa shape index (κ3) is 7.11. The van der Waals surface area contributed by atoms with Crippen LogP contribution in [0.1, 0.15) is 28.8 Å². The summed E-state index contributed by atoms with van der Waals surface area (Å²) in [5.41, 5.74) is 2.10. The SMILES string of the molecule is COCCNC(=O)c1ccccc1NC(=O)CCCOc1ccc(C)cc1. The maximum atomic E-state index is 12.2. The van der Waals surface area contributed by atoms with E-state index in [0.717, 1.165) is 5.75 Å². The molecule has 6 heteroatoms. The normalized spacial score (nSPS) is 10.3. The van der Waals surface area contributed by atoms with Gasteiger partial charge in [-0.2, -0.15) is 0 Å². The Hall–Kier alpha value is -2.86. The minimum atomic E-state index is -0.245. The number of nitrogens with one attached hydrogen (secondary N) is 2. The Morgan fingerprint density at radius 3 is 2.48 bits per heavy atom. The number of benzene rings is 2. The molecule has 0 heterocycles. The van der Waals surface area contributed by atoms with E-state index in [1.807, 2.05) is 31.2 Å². The second-order valence-corrected chi connectivity index (χ2v) is 6.11. The zero-order valence-electron chi connectivity index (χ0n) is 15.8. The highest BCUT2D eigenvalue weighted by atomic mass is 16.5. The molecule has 0 aliphatic carbocycles. The van der Waals surface area contributed by atoms with E-state index in [-0.39, 0.29) is 11.8 Å². The van der Waals surface area contributed by atoms with Gasteiger partial charge in [-0.25, -0.2) is 0 Å². The summed E-state index contributed by atoms with van der Waals surface area (Å²) in [5.74, 6) is 0.393. The average molecular weight is 370 g/mol. The molecular formula is C21H26N2O4. The van der Waals surface area contributed by atoms with Gasteiger partial charge in [-0.3, -0.25) is 9.59 Å². The Morgan fingerprint density at radius 1 is 1.00 bits per heavy atom. The maximum Gasteiger partial charge on any atom is 0.253 e. The zero-order chi connectivity index (χ0) is 19.5. The first-order valence-electron chi connectivity index (χ1n) is 8.95. The summed E-state index contributed by atoms with van der Waals surface area (Å²) in [6.45, 7) is 3.31. The van der Waals surface area contributed by atoms with Gasteiger partial charge in [-0.15, -0.1) is 0 Å². The lowest BCUT2D eigenvalue weighted by atomic mass is 10.1. The molecule has 0 bridgehead atoms. The molecule has 2 aromatic carbocycles. The lowest BCUT2D eigenvalue weighted by Crippen LogP contribution is -2.28. The summed E-state index contributed by atoms with van der Waals surface area (Å²) >= 11 is 0. The predicted octanol–water partition coefficient (Wildman–Crippen LogP) is 3.17. The van der Waals surface area contributed by atoms with Crippen molar-refractivity contribution in [2.45, 2.75) is 19.8 Å². The van der Waals surface area contributed by atoms with Crippen LogP contribution in [-0.4, -0.2) is 38.7 Å². The van der Waals surface area contributed by atoms with Crippen LogP contribution in [0, 0.1) is 6.92 Å². The summed E-state index contributed by atoms with van der Waals surface area (Å²) in [7, 11) is 1.57. The molecule has 2 N–H and O–H groups in total. The number of aryl methyl sites for hydroxylation is 1. The standard InChI is InChI=1S/C21H26N2O4/c1-16-9-11-17(12-10-16)27-14-5-8-20(24)23-19-7-4-3-6-18(19)21(25)22-13-15-26-2/h3-4,6-7,9-12H,5,8,13-15H2,1-2H3,(H,22,25)(H,23,24). The highest BCUT2D eigenvalue weighted by Crippen LogP contribution is 2.16. The summed E-state index contributed by atoms with van der Waals surface area (Å²) in [6.07, 6.45) is 0.896. The van der Waals surface area contributed by atoms with E-state index >= 15 is 0 Å². The first-order valence-corrected chi connectivity index (χ1v) is 8.95. The van der Waals surface area contributed by atoms with E-state index in [0.29, 0.717) is 43.9 Å². The molecule has 0 saturated heterocycles. The Morgan fingerprint density at radius 2 is 1.74 bits per heavy atom. The van der Waals surface area contributed by atoms with E-state index in [1.165, 1.54) is 5.56 Å². The van der Waals surface area contributed by atoms with Crippen molar-refractivity contribution in [3.05, 3.63) is 59.7 Å².